The van der Waals surface area contributed by atoms with Gasteiger partial charge in [0.05, 0.1) is 17.7 Å². The van der Waals surface area contributed by atoms with Crippen molar-refractivity contribution in [2.45, 2.75) is 25.0 Å². The van der Waals surface area contributed by atoms with Crippen LogP contribution in [0.15, 0.2) is 24.3 Å². The SMILES string of the molecule is CN(CC1CCC(C(=O)O)O1)c1ccc(C#N)cc1. The van der Waals surface area contributed by atoms with Crippen LogP contribution in [-0.4, -0.2) is 36.9 Å². The summed E-state index contributed by atoms with van der Waals surface area (Å²) < 4.78 is 5.47. The first kappa shape index (κ1) is 13.4. The Morgan fingerprint density at radius 2 is 2.16 bits per heavy atom. The highest BCUT2D eigenvalue weighted by Gasteiger charge is 2.30. The summed E-state index contributed by atoms with van der Waals surface area (Å²) in [4.78, 5) is 12.8. The molecule has 0 spiro atoms. The molecule has 1 fully saturated rings. The first-order valence-electron chi connectivity index (χ1n) is 6.19. The van der Waals surface area contributed by atoms with Crippen LogP contribution in [0.25, 0.3) is 0 Å². The highest BCUT2D eigenvalue weighted by atomic mass is 16.5. The lowest BCUT2D eigenvalue weighted by atomic mass is 10.1. The van der Waals surface area contributed by atoms with Gasteiger partial charge in [-0.25, -0.2) is 4.79 Å². The van der Waals surface area contributed by atoms with Gasteiger partial charge in [0, 0.05) is 19.3 Å². The van der Waals surface area contributed by atoms with Crippen molar-refractivity contribution in [2.75, 3.05) is 18.5 Å². The summed E-state index contributed by atoms with van der Waals surface area (Å²) in [5, 5.41) is 17.6. The molecule has 2 atom stereocenters. The van der Waals surface area contributed by atoms with E-state index in [2.05, 4.69) is 6.07 Å². The Morgan fingerprint density at radius 3 is 2.68 bits per heavy atom. The van der Waals surface area contributed by atoms with Crippen molar-refractivity contribution in [1.29, 1.82) is 5.26 Å². The minimum Gasteiger partial charge on any atom is -0.479 e. The fourth-order valence-electron chi connectivity index (χ4n) is 2.22. The summed E-state index contributed by atoms with van der Waals surface area (Å²) >= 11 is 0. The lowest BCUT2D eigenvalue weighted by Gasteiger charge is -2.23. The average Bonchev–Trinajstić information content (AvgIpc) is 2.87. The van der Waals surface area contributed by atoms with E-state index in [1.165, 1.54) is 0 Å². The predicted molar refractivity (Wildman–Crippen MR) is 70.0 cm³/mol. The molecule has 1 saturated heterocycles. The normalized spacial score (nSPS) is 21.9. The highest BCUT2D eigenvalue weighted by Crippen LogP contribution is 2.22. The fourth-order valence-corrected chi connectivity index (χ4v) is 2.22. The molecule has 2 unspecified atom stereocenters. The van der Waals surface area contributed by atoms with Gasteiger partial charge in [-0.1, -0.05) is 0 Å². The number of hydrogen-bond donors (Lipinski definition) is 1. The lowest BCUT2D eigenvalue weighted by Crippen LogP contribution is -2.30. The summed E-state index contributed by atoms with van der Waals surface area (Å²) in [6, 6.07) is 9.36. The Kier molecular flexibility index (Phi) is 4.03. The molecule has 5 heteroatoms. The predicted octanol–water partition coefficient (Wildman–Crippen LogP) is 1.63. The molecule has 5 nitrogen and oxygen atoms in total. The zero-order valence-corrected chi connectivity index (χ0v) is 10.7. The van der Waals surface area contributed by atoms with Crippen LogP contribution in [-0.2, 0) is 9.53 Å². The first-order chi connectivity index (χ1) is 9.10. The number of carboxylic acid groups (broad SMARTS) is 1. The van der Waals surface area contributed by atoms with Crippen LogP contribution in [0, 0.1) is 11.3 Å². The number of carboxylic acids is 1. The Bertz CT molecular complexity index is 492. The van der Waals surface area contributed by atoms with Crippen molar-refractivity contribution < 1.29 is 14.6 Å². The molecule has 1 aromatic rings. The Hall–Kier alpha value is -2.06. The molecule has 0 bridgehead atoms. The van der Waals surface area contributed by atoms with Crippen molar-refractivity contribution in [2.24, 2.45) is 0 Å². The van der Waals surface area contributed by atoms with E-state index in [1.807, 2.05) is 24.1 Å². The molecule has 0 saturated carbocycles. The number of nitriles is 1. The van der Waals surface area contributed by atoms with Gasteiger partial charge in [0.15, 0.2) is 6.10 Å². The first-order valence-corrected chi connectivity index (χ1v) is 6.19. The van der Waals surface area contributed by atoms with E-state index in [0.717, 1.165) is 12.1 Å². The second-order valence-corrected chi connectivity index (χ2v) is 4.70. The lowest BCUT2D eigenvalue weighted by molar-refractivity contribution is -0.149. The number of benzene rings is 1. The van der Waals surface area contributed by atoms with Crippen molar-refractivity contribution in [3.8, 4) is 6.07 Å². The van der Waals surface area contributed by atoms with Gasteiger partial charge in [-0.3, -0.25) is 0 Å². The number of carbonyl (C=O) groups is 1. The van der Waals surface area contributed by atoms with Crippen LogP contribution in [0.2, 0.25) is 0 Å². The molecule has 1 aliphatic rings. The molecule has 1 heterocycles. The van der Waals surface area contributed by atoms with Gasteiger partial charge < -0.3 is 14.7 Å². The van der Waals surface area contributed by atoms with Crippen molar-refractivity contribution >= 4 is 11.7 Å². The third-order valence-corrected chi connectivity index (χ3v) is 3.30. The smallest absolute Gasteiger partial charge is 0.332 e. The zero-order valence-electron chi connectivity index (χ0n) is 10.7. The van der Waals surface area contributed by atoms with Crippen LogP contribution < -0.4 is 4.90 Å². The molecular formula is C14H16N2O3. The third kappa shape index (κ3) is 3.24. The van der Waals surface area contributed by atoms with Crippen LogP contribution in [0.1, 0.15) is 18.4 Å². The van der Waals surface area contributed by atoms with Crippen LogP contribution in [0.5, 0.6) is 0 Å². The van der Waals surface area contributed by atoms with Crippen LogP contribution >= 0.6 is 0 Å². The van der Waals surface area contributed by atoms with Gasteiger partial charge in [0.1, 0.15) is 0 Å². The van der Waals surface area contributed by atoms with E-state index in [9.17, 15) is 4.79 Å². The van der Waals surface area contributed by atoms with Gasteiger partial charge in [-0.15, -0.1) is 0 Å². The number of hydrogen-bond acceptors (Lipinski definition) is 4. The summed E-state index contributed by atoms with van der Waals surface area (Å²) in [6.07, 6.45) is 0.611. The molecule has 19 heavy (non-hydrogen) atoms. The molecule has 1 aromatic carbocycles. The summed E-state index contributed by atoms with van der Waals surface area (Å²) in [6.45, 7) is 0.648. The quantitative estimate of drug-likeness (QED) is 0.890. The van der Waals surface area contributed by atoms with Gasteiger partial charge in [0.25, 0.3) is 0 Å². The summed E-state index contributed by atoms with van der Waals surface area (Å²) in [5.74, 6) is -0.886. The number of rotatable bonds is 4. The number of likely N-dealkylation sites (N-methyl/N-ethyl adjacent to an activating group) is 1. The number of ether oxygens (including phenoxy) is 1. The third-order valence-electron chi connectivity index (χ3n) is 3.30. The summed E-state index contributed by atoms with van der Waals surface area (Å²) in [5.41, 5.74) is 1.61. The fraction of sp³-hybridized carbons (Fsp3) is 0.429. The zero-order chi connectivity index (χ0) is 13.8. The second kappa shape index (κ2) is 5.72. The molecule has 0 radical (unpaired) electrons. The van der Waals surface area contributed by atoms with Gasteiger partial charge in [-0.05, 0) is 37.1 Å². The second-order valence-electron chi connectivity index (χ2n) is 4.70. The monoisotopic (exact) mass is 260 g/mol. The largest absolute Gasteiger partial charge is 0.479 e. The van der Waals surface area contributed by atoms with Gasteiger partial charge in [-0.2, -0.15) is 5.26 Å². The maximum atomic E-state index is 10.8. The van der Waals surface area contributed by atoms with Crippen LogP contribution in [0.3, 0.4) is 0 Å². The molecule has 100 valence electrons. The number of aliphatic carboxylic acids is 1. The molecule has 0 aliphatic carbocycles. The molecule has 1 aliphatic heterocycles. The van der Waals surface area contributed by atoms with E-state index in [1.54, 1.807) is 12.1 Å². The Morgan fingerprint density at radius 1 is 1.47 bits per heavy atom. The van der Waals surface area contributed by atoms with Gasteiger partial charge >= 0.3 is 5.97 Å². The molecule has 0 amide bonds. The van der Waals surface area contributed by atoms with Crippen LogP contribution in [0.4, 0.5) is 5.69 Å². The van der Waals surface area contributed by atoms with Crippen molar-refractivity contribution in [3.63, 3.8) is 0 Å². The highest BCUT2D eigenvalue weighted by molar-refractivity contribution is 5.72. The average molecular weight is 260 g/mol. The number of anilines is 1. The minimum absolute atomic E-state index is 0.0539. The van der Waals surface area contributed by atoms with E-state index in [4.69, 9.17) is 15.1 Å². The van der Waals surface area contributed by atoms with E-state index in [0.29, 0.717) is 18.5 Å². The Labute approximate surface area is 112 Å². The van der Waals surface area contributed by atoms with Crippen molar-refractivity contribution in [3.05, 3.63) is 29.8 Å². The van der Waals surface area contributed by atoms with E-state index < -0.39 is 12.1 Å². The maximum absolute atomic E-state index is 10.8. The molecule has 1 N–H and O–H groups in total. The topological polar surface area (TPSA) is 73.6 Å². The van der Waals surface area contributed by atoms with Gasteiger partial charge in [0.2, 0.25) is 0 Å². The standard InChI is InChI=1S/C14H16N2O3/c1-16(11-4-2-10(8-15)3-5-11)9-12-6-7-13(19-12)14(17)18/h2-5,12-13H,6-7,9H2,1H3,(H,17,18). The van der Waals surface area contributed by atoms with Crippen molar-refractivity contribution in [1.82, 2.24) is 0 Å². The molecular weight excluding hydrogens is 244 g/mol. The molecule has 0 aromatic heterocycles. The van der Waals surface area contributed by atoms with E-state index in [-0.39, 0.29) is 6.10 Å². The maximum Gasteiger partial charge on any atom is 0.332 e. The Balaban J connectivity index is 1.92. The minimum atomic E-state index is -0.886. The van der Waals surface area contributed by atoms with E-state index >= 15 is 0 Å². The summed E-state index contributed by atoms with van der Waals surface area (Å²) in [7, 11) is 1.93. The number of nitrogens with zero attached hydrogens (tertiary/aromatic N) is 2. The molecule has 2 rings (SSSR count).